The van der Waals surface area contributed by atoms with E-state index in [1.165, 1.54) is 49.3 Å². The van der Waals surface area contributed by atoms with E-state index in [1.807, 2.05) is 24.3 Å². The zero-order valence-electron chi connectivity index (χ0n) is 37.0. The number of amidine groups is 2. The Morgan fingerprint density at radius 1 is 0.353 bits per heavy atom. The maximum absolute atomic E-state index is 5.42. The van der Waals surface area contributed by atoms with Crippen molar-refractivity contribution in [3.8, 4) is 44.8 Å². The Morgan fingerprint density at radius 2 is 0.853 bits per heavy atom. The molecular weight excluding hydrogens is 827 g/mol. The first-order chi connectivity index (χ1) is 33.8. The lowest BCUT2D eigenvalue weighted by Gasteiger charge is -2.26. The van der Waals surface area contributed by atoms with Gasteiger partial charge < -0.3 is 14.5 Å². The van der Waals surface area contributed by atoms with E-state index < -0.39 is 6.17 Å². The van der Waals surface area contributed by atoms with E-state index in [0.717, 1.165) is 61.6 Å². The second-order valence-electron chi connectivity index (χ2n) is 17.3. The van der Waals surface area contributed by atoms with Crippen molar-refractivity contribution in [2.45, 2.75) is 6.17 Å². The molecule has 12 aromatic rings. The fourth-order valence-corrected chi connectivity index (χ4v) is 10.4. The average molecular weight is 870 g/mol. The van der Waals surface area contributed by atoms with Gasteiger partial charge in [-0.25, -0.2) is 9.98 Å². The summed E-state index contributed by atoms with van der Waals surface area (Å²) in [7, 11) is 0. The van der Waals surface area contributed by atoms with E-state index in [9.17, 15) is 0 Å². The highest BCUT2D eigenvalue weighted by atomic mass is 15.2. The van der Waals surface area contributed by atoms with E-state index in [0.29, 0.717) is 5.84 Å². The Kier molecular flexibility index (Phi) is 9.50. The molecule has 1 N–H and O–H groups in total. The maximum Gasteiger partial charge on any atom is 0.159 e. The molecule has 320 valence electrons. The van der Waals surface area contributed by atoms with Gasteiger partial charge in [-0.1, -0.05) is 206 Å². The van der Waals surface area contributed by atoms with E-state index in [2.05, 4.69) is 239 Å². The lowest BCUT2D eigenvalue weighted by atomic mass is 9.92. The lowest BCUT2D eigenvalue weighted by molar-refractivity contribution is 0.671. The minimum atomic E-state index is -0.452. The molecule has 0 spiro atoms. The van der Waals surface area contributed by atoms with Crippen LogP contribution in [0.4, 0.5) is 0 Å². The first-order valence-corrected chi connectivity index (χ1v) is 23.2. The quantitative estimate of drug-likeness (QED) is 0.162. The monoisotopic (exact) mass is 869 g/mol. The van der Waals surface area contributed by atoms with Crippen molar-refractivity contribution < 1.29 is 0 Å². The van der Waals surface area contributed by atoms with Gasteiger partial charge in [-0.2, -0.15) is 0 Å². The van der Waals surface area contributed by atoms with Crippen LogP contribution >= 0.6 is 0 Å². The molecule has 2 aromatic heterocycles. The fraction of sp³-hybridized carbons (Fsp3) is 0.0159. The van der Waals surface area contributed by atoms with Crippen molar-refractivity contribution in [1.82, 2.24) is 14.5 Å². The van der Waals surface area contributed by atoms with Gasteiger partial charge in [0.1, 0.15) is 12.0 Å². The normalized spacial score (nSPS) is 13.7. The van der Waals surface area contributed by atoms with Crippen LogP contribution in [-0.2, 0) is 0 Å². The van der Waals surface area contributed by atoms with E-state index in [1.54, 1.807) is 0 Å². The third-order valence-corrected chi connectivity index (χ3v) is 13.4. The molecular formula is C63H43N5. The number of fused-ring (bicyclic) bond motifs is 6. The Hall–Kier alpha value is -9.06. The highest BCUT2D eigenvalue weighted by Gasteiger charge is 2.27. The zero-order chi connectivity index (χ0) is 45.0. The summed E-state index contributed by atoms with van der Waals surface area (Å²) >= 11 is 0. The van der Waals surface area contributed by atoms with Crippen LogP contribution in [0, 0.1) is 0 Å². The topological polar surface area (TPSA) is 46.6 Å². The summed E-state index contributed by atoms with van der Waals surface area (Å²) in [4.78, 5) is 10.6. The van der Waals surface area contributed by atoms with Gasteiger partial charge in [0.15, 0.2) is 5.84 Å². The van der Waals surface area contributed by atoms with Crippen molar-refractivity contribution >= 4 is 55.3 Å². The molecule has 0 fully saturated rings. The molecule has 10 aromatic carbocycles. The predicted molar refractivity (Wildman–Crippen MR) is 283 cm³/mol. The largest absolute Gasteiger partial charge is 0.344 e. The molecule has 3 heterocycles. The molecule has 0 saturated carbocycles. The van der Waals surface area contributed by atoms with Crippen LogP contribution in [0.25, 0.3) is 88.4 Å². The standard InChI is InChI=1S/C63H43N5/c1-6-21-42(22-7-1)46-39-40-52(63-65-61(44-25-10-3-11-26-44)64-62(66-63)45-27-12-4-13-28-45)57(41-46)68-53-35-17-16-31-51(53)58-49(33-19-36-54(58)68)50-34-20-38-56-60(50)59-48(43-23-8-2-9-24-43)32-18-37-55(59)67(56)47-29-14-5-15-30-47/h1-41,63H,(H,64,65,66). The molecule has 0 bridgehead atoms. The minimum absolute atomic E-state index is 0.452. The van der Waals surface area contributed by atoms with E-state index in [4.69, 9.17) is 9.98 Å². The van der Waals surface area contributed by atoms with Crippen LogP contribution in [0.15, 0.2) is 259 Å². The SMILES string of the molecule is c1ccc(C2=NC(c3ccc(-c4ccccc4)cc3-n3c4ccccc4c4c(-c5cccc6c5c5c(-c7ccccc7)cccc5n6-c5ccccc5)cccc43)NC(c3ccccc3)=N2)cc1. The number of nitrogens with zero attached hydrogens (tertiary/aromatic N) is 4. The van der Waals surface area contributed by atoms with Gasteiger partial charge in [0.25, 0.3) is 0 Å². The van der Waals surface area contributed by atoms with Gasteiger partial charge in [0, 0.05) is 43.9 Å². The van der Waals surface area contributed by atoms with Gasteiger partial charge in [0.2, 0.25) is 0 Å². The number of hydrogen-bond acceptors (Lipinski definition) is 3. The summed E-state index contributed by atoms with van der Waals surface area (Å²) in [5.41, 5.74) is 16.8. The second kappa shape index (κ2) is 16.4. The van der Waals surface area contributed by atoms with Gasteiger partial charge in [-0.3, -0.25) is 0 Å². The first-order valence-electron chi connectivity index (χ1n) is 23.2. The van der Waals surface area contributed by atoms with Gasteiger partial charge in [0.05, 0.1) is 27.8 Å². The smallest absolute Gasteiger partial charge is 0.159 e. The summed E-state index contributed by atoms with van der Waals surface area (Å²) in [6, 6.07) is 88.9. The van der Waals surface area contributed by atoms with Crippen molar-refractivity contribution in [1.29, 1.82) is 0 Å². The molecule has 5 heteroatoms. The molecule has 13 rings (SSSR count). The number of benzene rings is 10. The third kappa shape index (κ3) is 6.55. The predicted octanol–water partition coefficient (Wildman–Crippen LogP) is 15.4. The lowest BCUT2D eigenvalue weighted by Crippen LogP contribution is -2.34. The highest BCUT2D eigenvalue weighted by molar-refractivity contribution is 6.25. The number of nitrogens with one attached hydrogen (secondary N) is 1. The molecule has 0 amide bonds. The molecule has 0 saturated heterocycles. The van der Waals surface area contributed by atoms with Crippen molar-refractivity contribution in [2.24, 2.45) is 9.98 Å². The molecule has 68 heavy (non-hydrogen) atoms. The van der Waals surface area contributed by atoms with Gasteiger partial charge in [-0.15, -0.1) is 0 Å². The number of hydrogen-bond donors (Lipinski definition) is 1. The van der Waals surface area contributed by atoms with Gasteiger partial charge >= 0.3 is 0 Å². The Labute approximate surface area is 394 Å². The van der Waals surface area contributed by atoms with Crippen LogP contribution < -0.4 is 5.32 Å². The van der Waals surface area contributed by atoms with Crippen LogP contribution in [0.2, 0.25) is 0 Å². The van der Waals surface area contributed by atoms with Crippen LogP contribution in [0.5, 0.6) is 0 Å². The fourth-order valence-electron chi connectivity index (χ4n) is 10.4. The Bertz CT molecular complexity index is 3910. The zero-order valence-corrected chi connectivity index (χ0v) is 37.0. The minimum Gasteiger partial charge on any atom is -0.344 e. The molecule has 0 aliphatic carbocycles. The van der Waals surface area contributed by atoms with Crippen LogP contribution in [0.3, 0.4) is 0 Å². The summed E-state index contributed by atoms with van der Waals surface area (Å²) in [5.74, 6) is 1.47. The Morgan fingerprint density at radius 3 is 1.51 bits per heavy atom. The second-order valence-corrected chi connectivity index (χ2v) is 17.3. The molecule has 5 nitrogen and oxygen atoms in total. The van der Waals surface area contributed by atoms with E-state index >= 15 is 0 Å². The summed E-state index contributed by atoms with van der Waals surface area (Å²) < 4.78 is 4.89. The van der Waals surface area contributed by atoms with Crippen LogP contribution in [-0.4, -0.2) is 20.8 Å². The first kappa shape index (κ1) is 39.3. The third-order valence-electron chi connectivity index (χ3n) is 13.4. The summed E-state index contributed by atoms with van der Waals surface area (Å²) in [6.07, 6.45) is -0.452. The molecule has 1 unspecified atom stereocenters. The number of aliphatic imine (C=N–C) groups is 2. The summed E-state index contributed by atoms with van der Waals surface area (Å²) in [5, 5.41) is 8.63. The average Bonchev–Trinajstić information content (AvgIpc) is 3.95. The number of rotatable bonds is 8. The highest BCUT2D eigenvalue weighted by Crippen LogP contribution is 2.47. The molecule has 1 aliphatic rings. The van der Waals surface area contributed by atoms with Gasteiger partial charge in [-0.05, 0) is 75.8 Å². The van der Waals surface area contributed by atoms with Crippen molar-refractivity contribution in [2.75, 3.05) is 0 Å². The van der Waals surface area contributed by atoms with E-state index in [-0.39, 0.29) is 0 Å². The maximum atomic E-state index is 5.42. The number of para-hydroxylation sites is 2. The Balaban J connectivity index is 1.09. The van der Waals surface area contributed by atoms with Crippen molar-refractivity contribution in [3.63, 3.8) is 0 Å². The number of aromatic nitrogens is 2. The molecule has 0 radical (unpaired) electrons. The molecule has 1 aliphatic heterocycles. The van der Waals surface area contributed by atoms with Crippen LogP contribution in [0.1, 0.15) is 22.9 Å². The van der Waals surface area contributed by atoms with Crippen molar-refractivity contribution in [3.05, 3.63) is 265 Å². The summed E-state index contributed by atoms with van der Waals surface area (Å²) in [6.45, 7) is 0. The molecule has 1 atom stereocenters.